The lowest BCUT2D eigenvalue weighted by molar-refractivity contribution is 0.341. The molecule has 2 N–H and O–H groups in total. The predicted molar refractivity (Wildman–Crippen MR) is 67.0 cm³/mol. The number of hydrogen-bond acceptors (Lipinski definition) is 5. The van der Waals surface area contributed by atoms with Gasteiger partial charge in [0.05, 0.1) is 0 Å². The van der Waals surface area contributed by atoms with Gasteiger partial charge in [-0.15, -0.1) is 0 Å². The Balaban J connectivity index is 1.88. The van der Waals surface area contributed by atoms with Crippen LogP contribution < -0.4 is 10.6 Å². The van der Waals surface area contributed by atoms with E-state index in [1.807, 2.05) is 0 Å². The van der Waals surface area contributed by atoms with Crippen molar-refractivity contribution < 1.29 is 0 Å². The second-order valence-corrected chi connectivity index (χ2v) is 5.19. The summed E-state index contributed by atoms with van der Waals surface area (Å²) in [6.07, 6.45) is 6.44. The summed E-state index contributed by atoms with van der Waals surface area (Å²) in [6, 6.07) is 0.571. The summed E-state index contributed by atoms with van der Waals surface area (Å²) in [5.41, 5.74) is 5.62. The predicted octanol–water partition coefficient (Wildman–Crippen LogP) is 1.88. The SMILES string of the molecule is Nc1nc(Cl)nc(N2CCC3CCCCC32)n1. The Morgan fingerprint density at radius 2 is 1.94 bits per heavy atom. The highest BCUT2D eigenvalue weighted by Gasteiger charge is 2.37. The molecule has 3 rings (SSSR count). The minimum atomic E-state index is 0.187. The first-order valence-corrected chi connectivity index (χ1v) is 6.55. The van der Waals surface area contributed by atoms with E-state index in [1.54, 1.807) is 0 Å². The van der Waals surface area contributed by atoms with Crippen molar-refractivity contribution >= 4 is 23.5 Å². The summed E-state index contributed by atoms with van der Waals surface area (Å²) in [7, 11) is 0. The third kappa shape index (κ3) is 2.04. The molecule has 2 atom stereocenters. The summed E-state index contributed by atoms with van der Waals surface area (Å²) in [4.78, 5) is 14.5. The van der Waals surface area contributed by atoms with Crippen LogP contribution in [0.1, 0.15) is 32.1 Å². The molecule has 17 heavy (non-hydrogen) atoms. The Morgan fingerprint density at radius 1 is 1.12 bits per heavy atom. The number of aromatic nitrogens is 3. The van der Waals surface area contributed by atoms with Gasteiger partial charge in [0, 0.05) is 12.6 Å². The van der Waals surface area contributed by atoms with Gasteiger partial charge in [0.25, 0.3) is 0 Å². The molecule has 1 aromatic heterocycles. The zero-order valence-corrected chi connectivity index (χ0v) is 10.4. The molecule has 1 saturated heterocycles. The van der Waals surface area contributed by atoms with Gasteiger partial charge in [0.15, 0.2) is 0 Å². The van der Waals surface area contributed by atoms with Gasteiger partial charge >= 0.3 is 0 Å². The fourth-order valence-electron chi connectivity index (χ4n) is 3.14. The fraction of sp³-hybridized carbons (Fsp3) is 0.727. The molecule has 5 nitrogen and oxygen atoms in total. The Morgan fingerprint density at radius 3 is 2.76 bits per heavy atom. The second kappa shape index (κ2) is 4.29. The number of nitrogens with zero attached hydrogens (tertiary/aromatic N) is 4. The van der Waals surface area contributed by atoms with E-state index >= 15 is 0 Å². The van der Waals surface area contributed by atoms with E-state index in [1.165, 1.54) is 32.1 Å². The maximum Gasteiger partial charge on any atom is 0.231 e. The van der Waals surface area contributed by atoms with Gasteiger partial charge < -0.3 is 10.6 Å². The maximum atomic E-state index is 5.83. The van der Waals surface area contributed by atoms with Crippen LogP contribution in [0.5, 0.6) is 0 Å². The lowest BCUT2D eigenvalue weighted by Gasteiger charge is -2.31. The molecular formula is C11H16ClN5. The number of nitrogen functional groups attached to an aromatic ring is 1. The first-order chi connectivity index (χ1) is 8.24. The van der Waals surface area contributed by atoms with Gasteiger partial charge in [-0.1, -0.05) is 12.8 Å². The highest BCUT2D eigenvalue weighted by Crippen LogP contribution is 2.37. The zero-order valence-electron chi connectivity index (χ0n) is 9.64. The number of rotatable bonds is 1. The highest BCUT2D eigenvalue weighted by atomic mass is 35.5. The number of hydrogen-bond donors (Lipinski definition) is 1. The van der Waals surface area contributed by atoms with Gasteiger partial charge in [-0.3, -0.25) is 0 Å². The molecule has 2 aliphatic rings. The van der Waals surface area contributed by atoms with Gasteiger partial charge in [0.1, 0.15) is 0 Å². The molecule has 1 aliphatic heterocycles. The van der Waals surface area contributed by atoms with Crippen molar-refractivity contribution in [1.82, 2.24) is 15.0 Å². The van der Waals surface area contributed by atoms with E-state index in [2.05, 4.69) is 19.9 Å². The molecule has 92 valence electrons. The summed E-state index contributed by atoms with van der Waals surface area (Å²) < 4.78 is 0. The Hall–Kier alpha value is -1.10. The van der Waals surface area contributed by atoms with Crippen LogP contribution in [0.15, 0.2) is 0 Å². The lowest BCUT2D eigenvalue weighted by atomic mass is 9.85. The Bertz CT molecular complexity index is 404. The molecule has 0 bridgehead atoms. The van der Waals surface area contributed by atoms with Gasteiger partial charge in [0.2, 0.25) is 17.2 Å². The van der Waals surface area contributed by atoms with Crippen LogP contribution in [0.2, 0.25) is 5.28 Å². The molecule has 2 fully saturated rings. The molecule has 0 aromatic carbocycles. The first kappa shape index (κ1) is 11.0. The molecule has 1 aromatic rings. The second-order valence-electron chi connectivity index (χ2n) is 4.86. The molecule has 0 radical (unpaired) electrons. The molecule has 2 heterocycles. The number of halogens is 1. The van der Waals surface area contributed by atoms with E-state index in [9.17, 15) is 0 Å². The van der Waals surface area contributed by atoms with Crippen LogP contribution in [-0.4, -0.2) is 27.5 Å². The monoisotopic (exact) mass is 253 g/mol. The third-order valence-electron chi connectivity index (χ3n) is 3.88. The van der Waals surface area contributed by atoms with Crippen LogP contribution in [0.25, 0.3) is 0 Å². The lowest BCUT2D eigenvalue weighted by Crippen LogP contribution is -2.36. The van der Waals surface area contributed by atoms with Crippen molar-refractivity contribution in [1.29, 1.82) is 0 Å². The molecule has 1 saturated carbocycles. The average Bonchev–Trinajstić information content (AvgIpc) is 2.71. The average molecular weight is 254 g/mol. The van der Waals surface area contributed by atoms with E-state index in [-0.39, 0.29) is 11.2 Å². The summed E-state index contributed by atoms with van der Waals surface area (Å²) in [5, 5.41) is 0.187. The van der Waals surface area contributed by atoms with Crippen molar-refractivity contribution in [2.45, 2.75) is 38.1 Å². The van der Waals surface area contributed by atoms with Crippen LogP contribution in [0, 0.1) is 5.92 Å². The van der Waals surface area contributed by atoms with Crippen LogP contribution >= 0.6 is 11.6 Å². The van der Waals surface area contributed by atoms with Gasteiger partial charge in [-0.25, -0.2) is 0 Å². The van der Waals surface area contributed by atoms with Crippen LogP contribution in [-0.2, 0) is 0 Å². The third-order valence-corrected chi connectivity index (χ3v) is 4.05. The van der Waals surface area contributed by atoms with E-state index < -0.39 is 0 Å². The van der Waals surface area contributed by atoms with Gasteiger partial charge in [-0.05, 0) is 36.8 Å². The maximum absolute atomic E-state index is 5.83. The van der Waals surface area contributed by atoms with Crippen molar-refractivity contribution in [3.05, 3.63) is 5.28 Å². The number of nitrogens with two attached hydrogens (primary N) is 1. The standard InChI is InChI=1S/C11H16ClN5/c12-9-14-10(13)16-11(15-9)17-6-5-7-3-1-2-4-8(7)17/h7-8H,1-6H2,(H2,13,14,15,16). The molecule has 2 unspecified atom stereocenters. The van der Waals surface area contributed by atoms with E-state index in [0.717, 1.165) is 12.5 Å². The quantitative estimate of drug-likeness (QED) is 0.828. The summed E-state index contributed by atoms with van der Waals surface area (Å²) in [6.45, 7) is 1.01. The van der Waals surface area contributed by atoms with Gasteiger partial charge in [-0.2, -0.15) is 15.0 Å². The fourth-order valence-corrected chi connectivity index (χ4v) is 3.30. The molecule has 0 spiro atoms. The minimum Gasteiger partial charge on any atom is -0.368 e. The number of anilines is 2. The Kier molecular flexibility index (Phi) is 2.78. The van der Waals surface area contributed by atoms with Crippen molar-refractivity contribution in [2.75, 3.05) is 17.2 Å². The Labute approximate surface area is 105 Å². The minimum absolute atomic E-state index is 0.187. The van der Waals surface area contributed by atoms with Crippen LogP contribution in [0.4, 0.5) is 11.9 Å². The van der Waals surface area contributed by atoms with E-state index in [0.29, 0.717) is 12.0 Å². The van der Waals surface area contributed by atoms with Crippen LogP contribution in [0.3, 0.4) is 0 Å². The molecule has 1 aliphatic carbocycles. The van der Waals surface area contributed by atoms with Crippen molar-refractivity contribution in [3.63, 3.8) is 0 Å². The highest BCUT2D eigenvalue weighted by molar-refractivity contribution is 6.28. The molecular weight excluding hydrogens is 238 g/mol. The number of fused-ring (bicyclic) bond motifs is 1. The van der Waals surface area contributed by atoms with Crippen molar-refractivity contribution in [3.8, 4) is 0 Å². The topological polar surface area (TPSA) is 67.9 Å². The summed E-state index contributed by atoms with van der Waals surface area (Å²) >= 11 is 5.83. The summed E-state index contributed by atoms with van der Waals surface area (Å²) in [5.74, 6) is 1.65. The smallest absolute Gasteiger partial charge is 0.231 e. The molecule has 6 heteroatoms. The zero-order chi connectivity index (χ0) is 11.8. The molecule has 0 amide bonds. The van der Waals surface area contributed by atoms with E-state index in [4.69, 9.17) is 17.3 Å². The van der Waals surface area contributed by atoms with Crippen molar-refractivity contribution in [2.24, 2.45) is 5.92 Å². The normalized spacial score (nSPS) is 28.2. The largest absolute Gasteiger partial charge is 0.368 e. The first-order valence-electron chi connectivity index (χ1n) is 6.18.